The topological polar surface area (TPSA) is 55.1 Å². The third-order valence-electron chi connectivity index (χ3n) is 4.37. The Hall–Kier alpha value is -1.90. The van der Waals surface area contributed by atoms with Crippen molar-refractivity contribution >= 4 is 23.5 Å². The molecule has 0 bridgehead atoms. The van der Waals surface area contributed by atoms with Crippen molar-refractivity contribution in [1.29, 1.82) is 5.26 Å². The minimum atomic E-state index is -0.466. The van der Waals surface area contributed by atoms with Gasteiger partial charge in [0.1, 0.15) is 6.07 Å². The third-order valence-corrected chi connectivity index (χ3v) is 4.37. The molecule has 2 heterocycles. The van der Waals surface area contributed by atoms with Crippen LogP contribution in [0, 0.1) is 11.3 Å². The van der Waals surface area contributed by atoms with Crippen LogP contribution in [-0.2, 0) is 9.31 Å². The van der Waals surface area contributed by atoms with Gasteiger partial charge in [-0.1, -0.05) is 12.1 Å². The first kappa shape index (κ1) is 14.1. The molecule has 21 heavy (non-hydrogen) atoms. The monoisotopic (exact) mass is 280 g/mol. The van der Waals surface area contributed by atoms with Crippen LogP contribution in [-0.4, -0.2) is 23.3 Å². The van der Waals surface area contributed by atoms with Crippen LogP contribution in [0.1, 0.15) is 33.3 Å². The lowest BCUT2D eigenvalue weighted by Gasteiger charge is -2.32. The van der Waals surface area contributed by atoms with Gasteiger partial charge in [-0.2, -0.15) is 5.26 Å². The Kier molecular flexibility index (Phi) is 3.05. The first-order valence-corrected chi connectivity index (χ1v) is 6.98. The number of rotatable bonds is 1. The highest BCUT2D eigenvalue weighted by Crippen LogP contribution is 2.36. The molecule has 0 amide bonds. The smallest absolute Gasteiger partial charge is 0.399 e. The van der Waals surface area contributed by atoms with Crippen molar-refractivity contribution in [3.8, 4) is 6.07 Å². The number of hydrogen-bond donors (Lipinski definition) is 0. The number of nitrogens with zero attached hydrogens (tertiary/aromatic N) is 2. The van der Waals surface area contributed by atoms with Gasteiger partial charge in [-0.15, -0.1) is 0 Å². The molecule has 5 heteroatoms. The number of pyridine rings is 1. The van der Waals surface area contributed by atoms with Crippen LogP contribution in [0.2, 0.25) is 0 Å². The maximum atomic E-state index is 9.34. The predicted octanol–water partition coefficient (Wildman–Crippen LogP) is 2.41. The zero-order valence-corrected chi connectivity index (χ0v) is 12.7. The van der Waals surface area contributed by atoms with E-state index in [0.29, 0.717) is 11.1 Å². The van der Waals surface area contributed by atoms with Crippen molar-refractivity contribution < 1.29 is 9.31 Å². The Morgan fingerprint density at radius 1 is 1.14 bits per heavy atom. The Labute approximate surface area is 124 Å². The van der Waals surface area contributed by atoms with Gasteiger partial charge in [-0.3, -0.25) is 4.98 Å². The van der Waals surface area contributed by atoms with E-state index < -0.39 is 18.3 Å². The fourth-order valence-corrected chi connectivity index (χ4v) is 2.42. The molecule has 0 N–H and O–H groups in total. The van der Waals surface area contributed by atoms with Gasteiger partial charge in [0, 0.05) is 11.6 Å². The molecule has 0 unspecified atom stereocenters. The summed E-state index contributed by atoms with van der Waals surface area (Å²) in [5, 5.41) is 10.3. The van der Waals surface area contributed by atoms with E-state index in [9.17, 15) is 5.26 Å². The molecule has 3 rings (SSSR count). The van der Waals surface area contributed by atoms with Crippen molar-refractivity contribution in [2.24, 2.45) is 0 Å². The molecule has 106 valence electrons. The van der Waals surface area contributed by atoms with Gasteiger partial charge in [-0.25, -0.2) is 0 Å². The molecule has 1 aliphatic heterocycles. The fraction of sp³-hybridized carbons (Fsp3) is 0.375. The summed E-state index contributed by atoms with van der Waals surface area (Å²) in [5.74, 6) is 0. The van der Waals surface area contributed by atoms with E-state index in [2.05, 4.69) is 11.1 Å². The van der Waals surface area contributed by atoms with Gasteiger partial charge in [0.15, 0.2) is 0 Å². The lowest BCUT2D eigenvalue weighted by molar-refractivity contribution is 0.00578. The number of fused-ring (bicyclic) bond motifs is 1. The summed E-state index contributed by atoms with van der Waals surface area (Å²) in [6.07, 6.45) is 1.69. The highest BCUT2D eigenvalue weighted by atomic mass is 16.7. The maximum absolute atomic E-state index is 9.34. The highest BCUT2D eigenvalue weighted by Gasteiger charge is 2.51. The molecule has 1 fully saturated rings. The molecular formula is C16H17BN2O2. The zero-order chi connectivity index (χ0) is 15.3. The van der Waals surface area contributed by atoms with Gasteiger partial charge in [0.2, 0.25) is 0 Å². The normalized spacial score (nSPS) is 19.7. The van der Waals surface area contributed by atoms with E-state index >= 15 is 0 Å². The van der Waals surface area contributed by atoms with Crippen LogP contribution < -0.4 is 5.46 Å². The van der Waals surface area contributed by atoms with Gasteiger partial charge >= 0.3 is 7.12 Å². The largest absolute Gasteiger partial charge is 0.494 e. The Morgan fingerprint density at radius 2 is 1.81 bits per heavy atom. The average molecular weight is 280 g/mol. The Morgan fingerprint density at radius 3 is 2.43 bits per heavy atom. The second kappa shape index (κ2) is 4.55. The number of nitriles is 1. The van der Waals surface area contributed by atoms with Crippen molar-refractivity contribution in [1.82, 2.24) is 4.98 Å². The van der Waals surface area contributed by atoms with Gasteiger partial charge < -0.3 is 9.31 Å². The summed E-state index contributed by atoms with van der Waals surface area (Å²) >= 11 is 0. The summed E-state index contributed by atoms with van der Waals surface area (Å²) in [5.41, 5.74) is 1.31. The molecule has 0 spiro atoms. The maximum Gasteiger partial charge on any atom is 0.494 e. The minimum Gasteiger partial charge on any atom is -0.399 e. The zero-order valence-electron chi connectivity index (χ0n) is 12.7. The minimum absolute atomic E-state index is 0.394. The molecule has 0 radical (unpaired) electrons. The van der Waals surface area contributed by atoms with E-state index in [-0.39, 0.29) is 0 Å². The molecule has 1 aliphatic rings. The van der Waals surface area contributed by atoms with Crippen molar-refractivity contribution in [2.75, 3.05) is 0 Å². The first-order chi connectivity index (χ1) is 9.84. The number of aromatic nitrogens is 1. The van der Waals surface area contributed by atoms with Crippen LogP contribution in [0.3, 0.4) is 0 Å². The van der Waals surface area contributed by atoms with Crippen LogP contribution in [0.25, 0.3) is 10.9 Å². The van der Waals surface area contributed by atoms with E-state index in [4.69, 9.17) is 9.31 Å². The van der Waals surface area contributed by atoms with Crippen LogP contribution in [0.5, 0.6) is 0 Å². The number of hydrogen-bond acceptors (Lipinski definition) is 4. The summed E-state index contributed by atoms with van der Waals surface area (Å²) < 4.78 is 12.1. The fourth-order valence-electron chi connectivity index (χ4n) is 2.42. The second-order valence-electron chi connectivity index (χ2n) is 6.34. The molecule has 2 aromatic rings. The van der Waals surface area contributed by atoms with Gasteiger partial charge in [0.05, 0.1) is 22.3 Å². The van der Waals surface area contributed by atoms with Crippen LogP contribution in [0.15, 0.2) is 30.5 Å². The molecule has 1 aromatic carbocycles. The highest BCUT2D eigenvalue weighted by molar-refractivity contribution is 6.62. The SMILES string of the molecule is CC1(C)OB(c2cc(C#N)c3ncccc3c2)OC1(C)C. The summed E-state index contributed by atoms with van der Waals surface area (Å²) in [6.45, 7) is 8.06. The molecule has 0 aliphatic carbocycles. The molecule has 1 aromatic heterocycles. The molecule has 0 atom stereocenters. The predicted molar refractivity (Wildman–Crippen MR) is 82.2 cm³/mol. The van der Waals surface area contributed by atoms with E-state index in [1.54, 1.807) is 12.3 Å². The van der Waals surface area contributed by atoms with E-state index in [0.717, 1.165) is 10.8 Å². The lowest BCUT2D eigenvalue weighted by Crippen LogP contribution is -2.41. The molecule has 4 nitrogen and oxygen atoms in total. The average Bonchev–Trinajstić information content (AvgIpc) is 2.66. The second-order valence-corrected chi connectivity index (χ2v) is 6.34. The molecule has 1 saturated heterocycles. The third kappa shape index (κ3) is 2.21. The van der Waals surface area contributed by atoms with E-state index in [1.165, 1.54) is 0 Å². The van der Waals surface area contributed by atoms with Crippen molar-refractivity contribution in [3.05, 3.63) is 36.0 Å². The van der Waals surface area contributed by atoms with Crippen LogP contribution >= 0.6 is 0 Å². The van der Waals surface area contributed by atoms with Crippen LogP contribution in [0.4, 0.5) is 0 Å². The summed E-state index contributed by atoms with van der Waals surface area (Å²) in [4.78, 5) is 4.27. The van der Waals surface area contributed by atoms with E-state index in [1.807, 2.05) is 45.9 Å². The van der Waals surface area contributed by atoms with Crippen molar-refractivity contribution in [3.63, 3.8) is 0 Å². The Bertz CT molecular complexity index is 734. The standard InChI is InChI=1S/C16H17BN2O2/c1-15(2)16(3,4)21-17(20-15)13-8-11-6-5-7-19-14(11)12(9-13)10-18/h5-9H,1-4H3. The Balaban J connectivity index is 2.09. The summed E-state index contributed by atoms with van der Waals surface area (Å²) in [7, 11) is -0.466. The van der Waals surface area contributed by atoms with Gasteiger partial charge in [-0.05, 0) is 45.3 Å². The van der Waals surface area contributed by atoms with Gasteiger partial charge in [0.25, 0.3) is 0 Å². The molecular weight excluding hydrogens is 263 g/mol. The lowest BCUT2D eigenvalue weighted by atomic mass is 9.77. The first-order valence-electron chi connectivity index (χ1n) is 6.98. The quantitative estimate of drug-likeness (QED) is 0.753. The summed E-state index contributed by atoms with van der Waals surface area (Å²) in [6, 6.07) is 9.78. The number of benzene rings is 1. The van der Waals surface area contributed by atoms with Crippen molar-refractivity contribution in [2.45, 2.75) is 38.9 Å². The molecule has 0 saturated carbocycles.